The van der Waals surface area contributed by atoms with Crippen LogP contribution in [0.25, 0.3) is 5.69 Å². The number of aryl methyl sites for hydroxylation is 1. The van der Waals surface area contributed by atoms with Gasteiger partial charge in [-0.3, -0.25) is 9.69 Å². The number of nitrogens with one attached hydrogen (secondary N) is 1. The lowest BCUT2D eigenvalue weighted by molar-refractivity contribution is -0.143. The number of amides is 1. The van der Waals surface area contributed by atoms with Gasteiger partial charge in [0.05, 0.1) is 29.7 Å². The largest absolute Gasteiger partial charge is 0.434 e. The summed E-state index contributed by atoms with van der Waals surface area (Å²) in [5, 5.41) is 6.47. The quantitative estimate of drug-likeness (QED) is 0.722. The minimum Gasteiger partial charge on any atom is -0.373 e. The maximum Gasteiger partial charge on any atom is 0.434 e. The molecule has 6 nitrogen and oxygen atoms in total. The lowest BCUT2D eigenvalue weighted by Crippen LogP contribution is -2.46. The normalized spacial score (nSPS) is 20.3. The van der Waals surface area contributed by atoms with Crippen LogP contribution in [0.5, 0.6) is 0 Å². The molecule has 1 fully saturated rings. The second-order valence-corrected chi connectivity index (χ2v) is 7.73. The number of benzene rings is 1. The summed E-state index contributed by atoms with van der Waals surface area (Å²) in [5.41, 5.74) is -0.615. The van der Waals surface area contributed by atoms with Gasteiger partial charge in [-0.1, -0.05) is 18.2 Å². The van der Waals surface area contributed by atoms with Gasteiger partial charge < -0.3 is 10.1 Å². The van der Waals surface area contributed by atoms with Crippen LogP contribution >= 0.6 is 0 Å². The van der Waals surface area contributed by atoms with E-state index in [-0.39, 0.29) is 18.8 Å². The Kier molecular flexibility index (Phi) is 6.82. The summed E-state index contributed by atoms with van der Waals surface area (Å²) >= 11 is 0. The van der Waals surface area contributed by atoms with E-state index in [1.54, 1.807) is 31.2 Å². The predicted molar refractivity (Wildman–Crippen MR) is 107 cm³/mol. The first kappa shape index (κ1) is 22.3. The number of halogens is 3. The molecule has 0 radical (unpaired) electrons. The number of morpholine rings is 1. The van der Waals surface area contributed by atoms with Gasteiger partial charge in [-0.15, -0.1) is 0 Å². The summed E-state index contributed by atoms with van der Waals surface area (Å²) in [5.74, 6) is -0.772. The van der Waals surface area contributed by atoms with Crippen molar-refractivity contribution in [1.29, 1.82) is 0 Å². The molecule has 2 unspecified atom stereocenters. The van der Waals surface area contributed by atoms with Crippen molar-refractivity contribution in [3.63, 3.8) is 0 Å². The van der Waals surface area contributed by atoms with Gasteiger partial charge in [-0.2, -0.15) is 18.3 Å². The van der Waals surface area contributed by atoms with Crippen LogP contribution in [0.4, 0.5) is 13.2 Å². The SMILES string of the molecule is Cc1ccccc1-n1ncc(C(=O)NCCCN2CC(C)OC(C)C2)c1C(F)(F)F. The van der Waals surface area contributed by atoms with Gasteiger partial charge in [0, 0.05) is 26.2 Å². The Morgan fingerprint density at radius 3 is 2.53 bits per heavy atom. The molecule has 2 heterocycles. The second-order valence-electron chi connectivity index (χ2n) is 7.73. The molecule has 0 spiro atoms. The summed E-state index contributed by atoms with van der Waals surface area (Å²) in [6.45, 7) is 8.35. The van der Waals surface area contributed by atoms with Crippen molar-refractivity contribution in [3.05, 3.63) is 47.3 Å². The molecule has 2 atom stereocenters. The summed E-state index contributed by atoms with van der Waals surface area (Å²) in [7, 11) is 0. The first-order valence-corrected chi connectivity index (χ1v) is 10.0. The molecule has 0 bridgehead atoms. The third kappa shape index (κ3) is 5.20. The molecule has 2 aromatic rings. The fourth-order valence-electron chi connectivity index (χ4n) is 3.84. The van der Waals surface area contributed by atoms with Crippen molar-refractivity contribution >= 4 is 5.91 Å². The highest BCUT2D eigenvalue weighted by Crippen LogP contribution is 2.34. The number of hydrogen-bond donors (Lipinski definition) is 1. The van der Waals surface area contributed by atoms with Crippen LogP contribution in [0.2, 0.25) is 0 Å². The maximum atomic E-state index is 13.8. The topological polar surface area (TPSA) is 59.4 Å². The Hall–Kier alpha value is -2.39. The Labute approximate surface area is 174 Å². The van der Waals surface area contributed by atoms with Crippen LogP contribution in [0, 0.1) is 6.92 Å². The first-order valence-electron chi connectivity index (χ1n) is 10.0. The van der Waals surface area contributed by atoms with Gasteiger partial charge >= 0.3 is 6.18 Å². The molecule has 1 aliphatic heterocycles. The minimum atomic E-state index is -4.72. The van der Waals surface area contributed by atoms with Crippen LogP contribution in [-0.2, 0) is 10.9 Å². The van der Waals surface area contributed by atoms with Crippen molar-refractivity contribution in [2.45, 2.75) is 45.6 Å². The predicted octanol–water partition coefficient (Wildman–Crippen LogP) is 3.43. The lowest BCUT2D eigenvalue weighted by atomic mass is 10.1. The van der Waals surface area contributed by atoms with Crippen molar-refractivity contribution in [2.24, 2.45) is 0 Å². The smallest absolute Gasteiger partial charge is 0.373 e. The number of rotatable bonds is 6. The zero-order chi connectivity index (χ0) is 21.9. The lowest BCUT2D eigenvalue weighted by Gasteiger charge is -2.35. The fraction of sp³-hybridized carbons (Fsp3) is 0.524. The molecule has 1 aromatic heterocycles. The number of nitrogens with zero attached hydrogens (tertiary/aromatic N) is 3. The average Bonchev–Trinajstić information content (AvgIpc) is 3.10. The van der Waals surface area contributed by atoms with Gasteiger partial charge in [0.15, 0.2) is 5.69 Å². The molecule has 0 aliphatic carbocycles. The molecular weight excluding hydrogens is 397 g/mol. The molecule has 1 N–H and O–H groups in total. The average molecular weight is 424 g/mol. The van der Waals surface area contributed by atoms with Crippen LogP contribution in [0.3, 0.4) is 0 Å². The third-order valence-electron chi connectivity index (χ3n) is 5.06. The Bertz CT molecular complexity index is 871. The molecular formula is C21H27F3N4O2. The second kappa shape index (κ2) is 9.18. The summed E-state index contributed by atoms with van der Waals surface area (Å²) in [6.07, 6.45) is -2.81. The molecule has 1 aromatic carbocycles. The van der Waals surface area contributed by atoms with E-state index in [2.05, 4.69) is 15.3 Å². The number of ether oxygens (including phenoxy) is 1. The standard InChI is InChI=1S/C21H27F3N4O2/c1-14-7-4-5-8-18(14)28-19(21(22,23)24)17(11-26-28)20(29)25-9-6-10-27-12-15(2)30-16(3)13-27/h4-5,7-8,11,15-16H,6,9-10,12-13H2,1-3H3,(H,25,29). The Morgan fingerprint density at radius 2 is 1.90 bits per heavy atom. The monoisotopic (exact) mass is 424 g/mol. The van der Waals surface area contributed by atoms with Gasteiger partial charge in [0.1, 0.15) is 0 Å². The van der Waals surface area contributed by atoms with E-state index in [9.17, 15) is 18.0 Å². The van der Waals surface area contributed by atoms with E-state index < -0.39 is 23.3 Å². The van der Waals surface area contributed by atoms with Crippen LogP contribution in [0.1, 0.15) is 41.9 Å². The first-order chi connectivity index (χ1) is 14.2. The van der Waals surface area contributed by atoms with E-state index >= 15 is 0 Å². The Balaban J connectivity index is 1.67. The highest BCUT2D eigenvalue weighted by molar-refractivity contribution is 5.95. The Morgan fingerprint density at radius 1 is 1.23 bits per heavy atom. The fourth-order valence-corrected chi connectivity index (χ4v) is 3.84. The molecule has 3 rings (SSSR count). The third-order valence-corrected chi connectivity index (χ3v) is 5.06. The molecule has 30 heavy (non-hydrogen) atoms. The minimum absolute atomic E-state index is 0.143. The zero-order valence-electron chi connectivity index (χ0n) is 17.4. The summed E-state index contributed by atoms with van der Waals surface area (Å²) in [4.78, 5) is 14.7. The van der Waals surface area contributed by atoms with E-state index in [0.29, 0.717) is 17.7 Å². The molecule has 164 valence electrons. The van der Waals surface area contributed by atoms with E-state index in [1.165, 1.54) is 0 Å². The van der Waals surface area contributed by atoms with E-state index in [0.717, 1.165) is 30.5 Å². The van der Waals surface area contributed by atoms with Gasteiger partial charge in [0.25, 0.3) is 5.91 Å². The summed E-state index contributed by atoms with van der Waals surface area (Å²) in [6, 6.07) is 6.62. The van der Waals surface area contributed by atoms with Crippen molar-refractivity contribution < 1.29 is 22.7 Å². The highest BCUT2D eigenvalue weighted by atomic mass is 19.4. The number of aromatic nitrogens is 2. The molecule has 1 saturated heterocycles. The summed E-state index contributed by atoms with van der Waals surface area (Å²) < 4.78 is 47.8. The van der Waals surface area contributed by atoms with Gasteiger partial charge in [-0.25, -0.2) is 4.68 Å². The van der Waals surface area contributed by atoms with E-state index in [4.69, 9.17) is 4.74 Å². The zero-order valence-corrected chi connectivity index (χ0v) is 17.4. The van der Waals surface area contributed by atoms with Crippen molar-refractivity contribution in [2.75, 3.05) is 26.2 Å². The van der Waals surface area contributed by atoms with Crippen LogP contribution in [-0.4, -0.2) is 59.0 Å². The van der Waals surface area contributed by atoms with Crippen molar-refractivity contribution in [3.8, 4) is 5.69 Å². The number of para-hydroxylation sites is 1. The van der Waals surface area contributed by atoms with Crippen LogP contribution < -0.4 is 5.32 Å². The number of hydrogen-bond acceptors (Lipinski definition) is 4. The molecule has 1 aliphatic rings. The number of alkyl halides is 3. The van der Waals surface area contributed by atoms with Gasteiger partial charge in [-0.05, 0) is 38.8 Å². The van der Waals surface area contributed by atoms with Gasteiger partial charge in [0.2, 0.25) is 0 Å². The van der Waals surface area contributed by atoms with Crippen molar-refractivity contribution in [1.82, 2.24) is 20.0 Å². The number of carbonyl (C=O) groups excluding carboxylic acids is 1. The van der Waals surface area contributed by atoms with E-state index in [1.807, 2.05) is 13.8 Å². The molecule has 1 amide bonds. The molecule has 9 heteroatoms. The molecule has 0 saturated carbocycles. The number of carbonyl (C=O) groups is 1. The van der Waals surface area contributed by atoms with Crippen LogP contribution in [0.15, 0.2) is 30.5 Å². The maximum absolute atomic E-state index is 13.8. The highest BCUT2D eigenvalue weighted by Gasteiger charge is 2.40.